The highest BCUT2D eigenvalue weighted by atomic mass is 32.2. The summed E-state index contributed by atoms with van der Waals surface area (Å²) in [5.74, 6) is 0.0163. The molecule has 1 heterocycles. The van der Waals surface area contributed by atoms with Crippen molar-refractivity contribution in [3.05, 3.63) is 45.6 Å². The van der Waals surface area contributed by atoms with Gasteiger partial charge in [-0.25, -0.2) is 0 Å². The molecule has 0 saturated heterocycles. The fourth-order valence-corrected chi connectivity index (χ4v) is 4.10. The van der Waals surface area contributed by atoms with Gasteiger partial charge in [-0.05, 0) is 61.8 Å². The molecule has 1 amide bonds. The zero-order valence-electron chi connectivity index (χ0n) is 11.4. The summed E-state index contributed by atoms with van der Waals surface area (Å²) >= 11 is 3.33. The van der Waals surface area contributed by atoms with Crippen molar-refractivity contribution < 1.29 is 4.79 Å². The monoisotopic (exact) mass is 303 g/mol. The van der Waals surface area contributed by atoms with Crippen LogP contribution in [0.25, 0.3) is 0 Å². The maximum absolute atomic E-state index is 12.3. The first-order chi connectivity index (χ1) is 9.76. The normalized spacial score (nSPS) is 13.8. The molecule has 1 aromatic carbocycles. The number of nitrogens with one attached hydrogen (secondary N) is 1. The molecule has 0 atom stereocenters. The predicted molar refractivity (Wildman–Crippen MR) is 87.1 cm³/mol. The van der Waals surface area contributed by atoms with Crippen LogP contribution >= 0.6 is 23.1 Å². The summed E-state index contributed by atoms with van der Waals surface area (Å²) < 4.78 is 0. The van der Waals surface area contributed by atoms with Crippen LogP contribution in [-0.2, 0) is 12.8 Å². The molecule has 1 N–H and O–H groups in total. The van der Waals surface area contributed by atoms with E-state index in [0.29, 0.717) is 0 Å². The van der Waals surface area contributed by atoms with E-state index in [1.54, 1.807) is 23.1 Å². The van der Waals surface area contributed by atoms with Crippen LogP contribution in [0.1, 0.15) is 33.0 Å². The minimum atomic E-state index is 0.0163. The van der Waals surface area contributed by atoms with Crippen molar-refractivity contribution in [1.82, 2.24) is 0 Å². The van der Waals surface area contributed by atoms with Crippen LogP contribution in [0.15, 0.2) is 35.2 Å². The Bertz CT molecular complexity index is 610. The highest BCUT2D eigenvalue weighted by Gasteiger charge is 2.17. The van der Waals surface area contributed by atoms with Crippen LogP contribution in [0.2, 0.25) is 0 Å². The average molecular weight is 303 g/mol. The smallest absolute Gasteiger partial charge is 0.265 e. The second-order valence-corrected chi connectivity index (χ2v) is 6.97. The fourth-order valence-electron chi connectivity index (χ4n) is 2.50. The van der Waals surface area contributed by atoms with E-state index in [-0.39, 0.29) is 5.91 Å². The van der Waals surface area contributed by atoms with E-state index in [2.05, 4.69) is 11.4 Å². The van der Waals surface area contributed by atoms with Crippen LogP contribution in [0.3, 0.4) is 0 Å². The number of fused-ring (bicyclic) bond motifs is 1. The number of carbonyl (C=O) groups is 1. The Morgan fingerprint density at radius 3 is 2.90 bits per heavy atom. The quantitative estimate of drug-likeness (QED) is 0.840. The van der Waals surface area contributed by atoms with E-state index in [4.69, 9.17) is 0 Å². The van der Waals surface area contributed by atoms with Crippen LogP contribution in [-0.4, -0.2) is 12.2 Å². The summed E-state index contributed by atoms with van der Waals surface area (Å²) in [6.45, 7) is 0. The van der Waals surface area contributed by atoms with Gasteiger partial charge in [0.1, 0.15) is 0 Å². The Morgan fingerprint density at radius 2 is 2.10 bits per heavy atom. The first kappa shape index (κ1) is 13.7. The molecular formula is C16H17NOS2. The number of aryl methyl sites for hydroxylation is 2. The molecular weight excluding hydrogens is 286 g/mol. The number of hydrogen-bond donors (Lipinski definition) is 1. The summed E-state index contributed by atoms with van der Waals surface area (Å²) in [4.78, 5) is 15.7. The van der Waals surface area contributed by atoms with E-state index in [1.165, 1.54) is 23.3 Å². The zero-order valence-corrected chi connectivity index (χ0v) is 13.1. The molecule has 3 rings (SSSR count). The minimum Gasteiger partial charge on any atom is -0.321 e. The van der Waals surface area contributed by atoms with Gasteiger partial charge in [-0.2, -0.15) is 0 Å². The van der Waals surface area contributed by atoms with E-state index in [0.717, 1.165) is 28.3 Å². The number of anilines is 1. The molecule has 0 aliphatic heterocycles. The molecule has 0 bridgehead atoms. The van der Waals surface area contributed by atoms with Crippen molar-refractivity contribution in [3.63, 3.8) is 0 Å². The van der Waals surface area contributed by atoms with Crippen LogP contribution in [0.4, 0.5) is 5.69 Å². The molecule has 104 valence electrons. The molecule has 1 aliphatic carbocycles. The van der Waals surface area contributed by atoms with Crippen molar-refractivity contribution in [3.8, 4) is 0 Å². The number of rotatable bonds is 3. The highest BCUT2D eigenvalue weighted by Crippen LogP contribution is 2.30. The van der Waals surface area contributed by atoms with Gasteiger partial charge in [-0.1, -0.05) is 6.07 Å². The molecule has 20 heavy (non-hydrogen) atoms. The van der Waals surface area contributed by atoms with Gasteiger partial charge in [-0.15, -0.1) is 23.1 Å². The van der Waals surface area contributed by atoms with Crippen LogP contribution in [0, 0.1) is 0 Å². The molecule has 0 spiro atoms. The lowest BCUT2D eigenvalue weighted by Gasteiger charge is -2.08. The molecule has 1 aromatic heterocycles. The molecule has 0 radical (unpaired) electrons. The molecule has 0 fully saturated rings. The average Bonchev–Trinajstić information content (AvgIpc) is 2.91. The minimum absolute atomic E-state index is 0.0163. The topological polar surface area (TPSA) is 29.1 Å². The predicted octanol–water partition coefficient (Wildman–Crippen LogP) is 4.60. The SMILES string of the molecule is CSc1cccc(NC(=O)c2cc3c(s2)CCCC3)c1. The Labute approximate surface area is 127 Å². The number of carbonyl (C=O) groups excluding carboxylic acids is 1. The number of benzene rings is 1. The fraction of sp³-hybridized carbons (Fsp3) is 0.312. The number of thiophene rings is 1. The molecule has 1 aliphatic rings. The first-order valence-electron chi connectivity index (χ1n) is 6.83. The Morgan fingerprint density at radius 1 is 1.25 bits per heavy atom. The summed E-state index contributed by atoms with van der Waals surface area (Å²) in [5.41, 5.74) is 2.25. The summed E-state index contributed by atoms with van der Waals surface area (Å²) in [6.07, 6.45) is 6.80. The van der Waals surface area contributed by atoms with Crippen molar-refractivity contribution in [2.24, 2.45) is 0 Å². The van der Waals surface area contributed by atoms with Gasteiger partial charge in [-0.3, -0.25) is 4.79 Å². The third kappa shape index (κ3) is 2.91. The van der Waals surface area contributed by atoms with Gasteiger partial charge >= 0.3 is 0 Å². The van der Waals surface area contributed by atoms with Crippen molar-refractivity contribution in [1.29, 1.82) is 0 Å². The van der Waals surface area contributed by atoms with Gasteiger partial charge < -0.3 is 5.32 Å². The summed E-state index contributed by atoms with van der Waals surface area (Å²) in [5, 5.41) is 3.00. The maximum atomic E-state index is 12.3. The standard InChI is InChI=1S/C16H17NOS2/c1-19-13-7-4-6-12(10-13)17-16(18)15-9-11-5-2-3-8-14(11)20-15/h4,6-7,9-10H,2-3,5,8H2,1H3,(H,17,18). The number of thioether (sulfide) groups is 1. The van der Waals surface area contributed by atoms with Gasteiger partial charge in [0, 0.05) is 15.5 Å². The van der Waals surface area contributed by atoms with Gasteiger partial charge in [0.15, 0.2) is 0 Å². The van der Waals surface area contributed by atoms with Gasteiger partial charge in [0.2, 0.25) is 0 Å². The van der Waals surface area contributed by atoms with Crippen LogP contribution in [0.5, 0.6) is 0 Å². The molecule has 0 unspecified atom stereocenters. The molecule has 2 aromatic rings. The Kier molecular flexibility index (Phi) is 4.13. The summed E-state index contributed by atoms with van der Waals surface area (Å²) in [6, 6.07) is 10.0. The lowest BCUT2D eigenvalue weighted by Crippen LogP contribution is -2.10. The third-order valence-corrected chi connectivity index (χ3v) is 5.51. The van der Waals surface area contributed by atoms with E-state index in [1.807, 2.05) is 30.5 Å². The lowest BCUT2D eigenvalue weighted by atomic mass is 9.99. The molecule has 0 saturated carbocycles. The number of hydrogen-bond acceptors (Lipinski definition) is 3. The zero-order chi connectivity index (χ0) is 13.9. The second-order valence-electron chi connectivity index (χ2n) is 4.95. The second kappa shape index (κ2) is 6.02. The van der Waals surface area contributed by atoms with Crippen LogP contribution < -0.4 is 5.32 Å². The van der Waals surface area contributed by atoms with Gasteiger partial charge in [0.05, 0.1) is 4.88 Å². The number of amides is 1. The Balaban J connectivity index is 1.77. The highest BCUT2D eigenvalue weighted by molar-refractivity contribution is 7.98. The Hall–Kier alpha value is -1.26. The van der Waals surface area contributed by atoms with E-state index in [9.17, 15) is 4.79 Å². The largest absolute Gasteiger partial charge is 0.321 e. The van der Waals surface area contributed by atoms with Crippen molar-refractivity contribution >= 4 is 34.7 Å². The first-order valence-corrected chi connectivity index (χ1v) is 8.87. The summed E-state index contributed by atoms with van der Waals surface area (Å²) in [7, 11) is 0. The van der Waals surface area contributed by atoms with Crippen molar-refractivity contribution in [2.75, 3.05) is 11.6 Å². The van der Waals surface area contributed by atoms with Gasteiger partial charge in [0.25, 0.3) is 5.91 Å². The lowest BCUT2D eigenvalue weighted by molar-refractivity contribution is 0.103. The molecule has 4 heteroatoms. The third-order valence-electron chi connectivity index (χ3n) is 3.55. The van der Waals surface area contributed by atoms with Crippen molar-refractivity contribution in [2.45, 2.75) is 30.6 Å². The maximum Gasteiger partial charge on any atom is 0.265 e. The van der Waals surface area contributed by atoms with E-state index < -0.39 is 0 Å². The molecule has 2 nitrogen and oxygen atoms in total. The van der Waals surface area contributed by atoms with E-state index >= 15 is 0 Å².